The highest BCUT2D eigenvalue weighted by Gasteiger charge is 2.28. The molecule has 17 heavy (non-hydrogen) atoms. The van der Waals surface area contributed by atoms with Crippen molar-refractivity contribution in [3.8, 4) is 0 Å². The number of aliphatic hydroxyl groups excluding tert-OH is 3. The van der Waals surface area contributed by atoms with Crippen molar-refractivity contribution in [2.75, 3.05) is 26.4 Å². The molecule has 3 N–H and O–H groups in total. The van der Waals surface area contributed by atoms with Gasteiger partial charge in [0.2, 0.25) is 0 Å². The predicted octanol–water partition coefficient (Wildman–Crippen LogP) is 0.463. The molecule has 0 atom stereocenters. The summed E-state index contributed by atoms with van der Waals surface area (Å²) in [6.45, 7) is 1.63. The molecule has 0 aliphatic heterocycles. The molecule has 0 aliphatic rings. The van der Waals surface area contributed by atoms with Gasteiger partial charge in [-0.15, -0.1) is 0 Å². The fraction of sp³-hybridized carbons (Fsp3) is 0.917. The predicted molar refractivity (Wildman–Crippen MR) is 63.4 cm³/mol. The minimum atomic E-state index is -0.721. The lowest BCUT2D eigenvalue weighted by Crippen LogP contribution is -2.35. The summed E-state index contributed by atoms with van der Waals surface area (Å²) in [7, 11) is 0. The van der Waals surface area contributed by atoms with Gasteiger partial charge in [-0.3, -0.25) is 4.79 Å². The van der Waals surface area contributed by atoms with E-state index in [1.807, 2.05) is 6.92 Å². The third kappa shape index (κ3) is 6.61. The second kappa shape index (κ2) is 9.39. The standard InChI is InChI=1S/C12H24O5/c1-2-12(8-14,9-15)10-17-11(16)6-4-3-5-7-13/h13-15H,2-10H2,1H3. The molecular formula is C12H24O5. The van der Waals surface area contributed by atoms with Gasteiger partial charge in [0.05, 0.1) is 18.6 Å². The van der Waals surface area contributed by atoms with E-state index in [9.17, 15) is 4.79 Å². The van der Waals surface area contributed by atoms with Gasteiger partial charge < -0.3 is 20.1 Å². The molecule has 0 fully saturated rings. The van der Waals surface area contributed by atoms with Crippen LogP contribution in [-0.4, -0.2) is 47.7 Å². The molecule has 0 saturated heterocycles. The van der Waals surface area contributed by atoms with E-state index < -0.39 is 5.41 Å². The summed E-state index contributed by atoms with van der Waals surface area (Å²) in [5, 5.41) is 26.9. The van der Waals surface area contributed by atoms with Crippen molar-refractivity contribution in [2.45, 2.75) is 39.0 Å². The Morgan fingerprint density at radius 1 is 1.12 bits per heavy atom. The number of carbonyl (C=O) groups is 1. The summed E-state index contributed by atoms with van der Waals surface area (Å²) in [6, 6.07) is 0. The van der Waals surface area contributed by atoms with E-state index >= 15 is 0 Å². The number of esters is 1. The first-order valence-electron chi connectivity index (χ1n) is 6.12. The van der Waals surface area contributed by atoms with Crippen LogP contribution in [0, 0.1) is 5.41 Å². The van der Waals surface area contributed by atoms with Crippen molar-refractivity contribution in [2.24, 2.45) is 5.41 Å². The first kappa shape index (κ1) is 16.4. The lowest BCUT2D eigenvalue weighted by Gasteiger charge is -2.27. The first-order valence-corrected chi connectivity index (χ1v) is 6.12. The Labute approximate surface area is 102 Å². The normalized spacial score (nSPS) is 11.5. The Bertz CT molecular complexity index is 193. The number of ether oxygens (including phenoxy) is 1. The Kier molecular flexibility index (Phi) is 9.03. The number of rotatable bonds is 10. The molecule has 102 valence electrons. The zero-order valence-electron chi connectivity index (χ0n) is 10.5. The second-order valence-corrected chi connectivity index (χ2v) is 4.36. The minimum Gasteiger partial charge on any atom is -0.465 e. The summed E-state index contributed by atoms with van der Waals surface area (Å²) in [4.78, 5) is 11.4. The Hall–Kier alpha value is -0.650. The molecule has 5 heteroatoms. The lowest BCUT2D eigenvalue weighted by molar-refractivity contribution is -0.149. The molecule has 0 saturated carbocycles. The molecule has 0 heterocycles. The van der Waals surface area contributed by atoms with Gasteiger partial charge in [0.1, 0.15) is 6.61 Å². The van der Waals surface area contributed by atoms with E-state index in [2.05, 4.69) is 0 Å². The average molecular weight is 248 g/mol. The monoisotopic (exact) mass is 248 g/mol. The fourth-order valence-electron chi connectivity index (χ4n) is 1.33. The summed E-state index contributed by atoms with van der Waals surface area (Å²) in [6.07, 6.45) is 3.05. The number of aliphatic hydroxyl groups is 3. The number of hydrogen-bond donors (Lipinski definition) is 3. The summed E-state index contributed by atoms with van der Waals surface area (Å²) < 4.78 is 5.04. The zero-order chi connectivity index (χ0) is 13.1. The number of unbranched alkanes of at least 4 members (excludes halogenated alkanes) is 2. The van der Waals surface area contributed by atoms with Crippen molar-refractivity contribution < 1.29 is 24.9 Å². The smallest absolute Gasteiger partial charge is 0.305 e. The zero-order valence-corrected chi connectivity index (χ0v) is 10.5. The molecule has 0 amide bonds. The molecule has 0 spiro atoms. The van der Waals surface area contributed by atoms with Gasteiger partial charge in [-0.1, -0.05) is 13.3 Å². The van der Waals surface area contributed by atoms with E-state index in [0.29, 0.717) is 25.7 Å². The van der Waals surface area contributed by atoms with Crippen molar-refractivity contribution in [1.82, 2.24) is 0 Å². The van der Waals surface area contributed by atoms with Crippen LogP contribution in [0.1, 0.15) is 39.0 Å². The van der Waals surface area contributed by atoms with Crippen LogP contribution in [0.5, 0.6) is 0 Å². The van der Waals surface area contributed by atoms with Crippen LogP contribution in [0.2, 0.25) is 0 Å². The highest BCUT2D eigenvalue weighted by atomic mass is 16.5. The maximum absolute atomic E-state index is 11.4. The molecule has 0 unspecified atom stereocenters. The Balaban J connectivity index is 3.81. The van der Waals surface area contributed by atoms with Crippen LogP contribution in [0.4, 0.5) is 0 Å². The third-order valence-corrected chi connectivity index (χ3v) is 3.00. The van der Waals surface area contributed by atoms with E-state index in [0.717, 1.165) is 6.42 Å². The lowest BCUT2D eigenvalue weighted by atomic mass is 9.88. The first-order chi connectivity index (χ1) is 8.14. The highest BCUT2D eigenvalue weighted by Crippen LogP contribution is 2.21. The van der Waals surface area contributed by atoms with Gasteiger partial charge in [-0.2, -0.15) is 0 Å². The molecule has 0 bridgehead atoms. The van der Waals surface area contributed by atoms with Crippen molar-refractivity contribution in [3.05, 3.63) is 0 Å². The minimum absolute atomic E-state index is 0.0509. The number of hydrogen-bond acceptors (Lipinski definition) is 5. The van der Waals surface area contributed by atoms with Gasteiger partial charge in [-0.05, 0) is 19.3 Å². The van der Waals surface area contributed by atoms with Crippen molar-refractivity contribution in [3.63, 3.8) is 0 Å². The molecule has 0 aromatic rings. The van der Waals surface area contributed by atoms with Gasteiger partial charge in [0.25, 0.3) is 0 Å². The summed E-state index contributed by atoms with van der Waals surface area (Å²) >= 11 is 0. The average Bonchev–Trinajstić information content (AvgIpc) is 2.37. The van der Waals surface area contributed by atoms with Gasteiger partial charge in [0, 0.05) is 13.0 Å². The maximum atomic E-state index is 11.4. The maximum Gasteiger partial charge on any atom is 0.305 e. The molecular weight excluding hydrogens is 224 g/mol. The van der Waals surface area contributed by atoms with Gasteiger partial charge >= 0.3 is 5.97 Å². The summed E-state index contributed by atoms with van der Waals surface area (Å²) in [5.41, 5.74) is -0.721. The Morgan fingerprint density at radius 3 is 2.24 bits per heavy atom. The molecule has 0 aromatic heterocycles. The van der Waals surface area contributed by atoms with Crippen LogP contribution in [0.25, 0.3) is 0 Å². The number of carbonyl (C=O) groups excluding carboxylic acids is 1. The van der Waals surface area contributed by atoms with Crippen LogP contribution >= 0.6 is 0 Å². The van der Waals surface area contributed by atoms with E-state index in [4.69, 9.17) is 20.1 Å². The van der Waals surface area contributed by atoms with Crippen LogP contribution < -0.4 is 0 Å². The van der Waals surface area contributed by atoms with Crippen molar-refractivity contribution >= 4 is 5.97 Å². The highest BCUT2D eigenvalue weighted by molar-refractivity contribution is 5.69. The molecule has 0 rings (SSSR count). The molecule has 0 aliphatic carbocycles. The van der Waals surface area contributed by atoms with Crippen LogP contribution in [0.15, 0.2) is 0 Å². The largest absolute Gasteiger partial charge is 0.465 e. The fourth-order valence-corrected chi connectivity index (χ4v) is 1.33. The van der Waals surface area contributed by atoms with E-state index in [1.54, 1.807) is 0 Å². The summed E-state index contributed by atoms with van der Waals surface area (Å²) in [5.74, 6) is -0.317. The van der Waals surface area contributed by atoms with Gasteiger partial charge in [0.15, 0.2) is 0 Å². The quantitative estimate of drug-likeness (QED) is 0.386. The molecule has 5 nitrogen and oxygen atoms in total. The van der Waals surface area contributed by atoms with Gasteiger partial charge in [-0.25, -0.2) is 0 Å². The van der Waals surface area contributed by atoms with Crippen molar-refractivity contribution in [1.29, 1.82) is 0 Å². The molecule has 0 aromatic carbocycles. The SMILES string of the molecule is CCC(CO)(CO)COC(=O)CCCCCO. The third-order valence-electron chi connectivity index (χ3n) is 3.00. The topological polar surface area (TPSA) is 87.0 Å². The van der Waals surface area contributed by atoms with E-state index in [1.165, 1.54) is 0 Å². The second-order valence-electron chi connectivity index (χ2n) is 4.36. The Morgan fingerprint density at radius 2 is 1.76 bits per heavy atom. The van der Waals surface area contributed by atoms with Crippen LogP contribution in [0.3, 0.4) is 0 Å². The van der Waals surface area contributed by atoms with E-state index in [-0.39, 0.29) is 32.4 Å². The molecule has 0 radical (unpaired) electrons. The van der Waals surface area contributed by atoms with Crippen LogP contribution in [-0.2, 0) is 9.53 Å².